The van der Waals surface area contributed by atoms with Crippen molar-refractivity contribution in [3.63, 3.8) is 0 Å². The number of benzene rings is 1. The average Bonchev–Trinajstić information content (AvgIpc) is 2.78. The van der Waals surface area contributed by atoms with Crippen molar-refractivity contribution in [2.45, 2.75) is 26.9 Å². The fourth-order valence-electron chi connectivity index (χ4n) is 2.30. The maximum absolute atomic E-state index is 12.2. The zero-order valence-corrected chi connectivity index (χ0v) is 15.3. The van der Waals surface area contributed by atoms with Crippen LogP contribution in [-0.4, -0.2) is 47.2 Å². The van der Waals surface area contributed by atoms with E-state index in [4.69, 9.17) is 26.2 Å². The van der Waals surface area contributed by atoms with Crippen LogP contribution in [0.15, 0.2) is 17.8 Å². The van der Waals surface area contributed by atoms with Gasteiger partial charge in [0.05, 0.1) is 17.7 Å². The minimum Gasteiger partial charge on any atom is -0.490 e. The van der Waals surface area contributed by atoms with Gasteiger partial charge in [-0.05, 0) is 44.5 Å². The molecule has 2 N–H and O–H groups in total. The second-order valence-corrected chi connectivity index (χ2v) is 6.11. The van der Waals surface area contributed by atoms with E-state index in [9.17, 15) is 14.4 Å². The molecule has 140 valence electrons. The van der Waals surface area contributed by atoms with Gasteiger partial charge >= 0.3 is 12.0 Å². The molecular formula is C17H19ClN2O6. The number of carbonyl (C=O) groups excluding carboxylic acids is 2. The lowest BCUT2D eigenvalue weighted by atomic mass is 10.1. The number of aliphatic carboxylic acids is 1. The highest BCUT2D eigenvalue weighted by Gasteiger charge is 2.34. The molecule has 0 radical (unpaired) electrons. The van der Waals surface area contributed by atoms with E-state index in [-0.39, 0.29) is 16.8 Å². The average molecular weight is 383 g/mol. The van der Waals surface area contributed by atoms with E-state index in [1.165, 1.54) is 6.08 Å². The number of nitrogens with zero attached hydrogens (tertiary/aromatic N) is 1. The van der Waals surface area contributed by atoms with Gasteiger partial charge in [-0.25, -0.2) is 9.69 Å². The minimum absolute atomic E-state index is 0.0488. The summed E-state index contributed by atoms with van der Waals surface area (Å²) in [7, 11) is 0. The summed E-state index contributed by atoms with van der Waals surface area (Å²) >= 11 is 6.27. The summed E-state index contributed by atoms with van der Waals surface area (Å²) in [6, 6.07) is 2.40. The maximum Gasteiger partial charge on any atom is 0.329 e. The molecule has 2 rings (SSSR count). The molecule has 1 saturated heterocycles. The molecule has 1 aliphatic rings. The van der Waals surface area contributed by atoms with E-state index in [1.54, 1.807) is 12.1 Å². The Labute approximate surface area is 155 Å². The van der Waals surface area contributed by atoms with Crippen LogP contribution in [0.5, 0.6) is 11.5 Å². The predicted molar refractivity (Wildman–Crippen MR) is 94.2 cm³/mol. The number of imide groups is 1. The number of hydrogen-bond acceptors (Lipinski definition) is 5. The van der Waals surface area contributed by atoms with Gasteiger partial charge < -0.3 is 19.9 Å². The highest BCUT2D eigenvalue weighted by atomic mass is 35.5. The number of urea groups is 1. The Morgan fingerprint density at radius 3 is 2.65 bits per heavy atom. The number of carboxylic acid groups (broad SMARTS) is 1. The molecule has 0 unspecified atom stereocenters. The second kappa shape index (κ2) is 8.09. The van der Waals surface area contributed by atoms with Crippen LogP contribution in [0.3, 0.4) is 0 Å². The molecule has 9 heteroatoms. The summed E-state index contributed by atoms with van der Waals surface area (Å²) in [6.45, 7) is 5.18. The van der Waals surface area contributed by atoms with E-state index in [2.05, 4.69) is 5.32 Å². The van der Waals surface area contributed by atoms with Gasteiger partial charge in [-0.15, -0.1) is 0 Å². The smallest absolute Gasteiger partial charge is 0.329 e. The summed E-state index contributed by atoms with van der Waals surface area (Å²) in [5.74, 6) is -1.22. The molecular weight excluding hydrogens is 364 g/mol. The highest BCUT2D eigenvalue weighted by molar-refractivity contribution is 6.32. The molecule has 1 aromatic rings. The zero-order valence-electron chi connectivity index (χ0n) is 14.5. The van der Waals surface area contributed by atoms with E-state index >= 15 is 0 Å². The Morgan fingerprint density at radius 1 is 1.38 bits per heavy atom. The molecule has 1 aliphatic heterocycles. The predicted octanol–water partition coefficient (Wildman–Crippen LogP) is 2.50. The van der Waals surface area contributed by atoms with Crippen LogP contribution >= 0.6 is 11.6 Å². The van der Waals surface area contributed by atoms with Crippen LogP contribution in [0, 0.1) is 0 Å². The Balaban J connectivity index is 2.37. The number of carboxylic acids is 1. The Kier molecular flexibility index (Phi) is 6.10. The molecule has 8 nitrogen and oxygen atoms in total. The number of halogens is 1. The van der Waals surface area contributed by atoms with Gasteiger partial charge in [0.1, 0.15) is 12.2 Å². The molecule has 3 amide bonds. The van der Waals surface area contributed by atoms with Crippen molar-refractivity contribution in [2.75, 3.05) is 13.2 Å². The van der Waals surface area contributed by atoms with Gasteiger partial charge in [0.25, 0.3) is 5.91 Å². The standard InChI is InChI=1S/C17H19ClN2O6/c1-4-25-13-7-10(5-11(18)15(13)26-9(2)3)6-12-16(23)20(8-14(21)22)17(24)19-12/h5-7,9H,4,8H2,1-3H3,(H,19,24)(H,21,22)/b12-6+. The molecule has 0 atom stereocenters. The first-order valence-electron chi connectivity index (χ1n) is 7.92. The van der Waals surface area contributed by atoms with Crippen LogP contribution in [0.1, 0.15) is 26.3 Å². The summed E-state index contributed by atoms with van der Waals surface area (Å²) in [4.78, 5) is 35.3. The fraction of sp³-hybridized carbons (Fsp3) is 0.353. The van der Waals surface area contributed by atoms with E-state index < -0.39 is 24.5 Å². The third-order valence-corrected chi connectivity index (χ3v) is 3.53. The molecule has 0 aromatic heterocycles. The third-order valence-electron chi connectivity index (χ3n) is 3.25. The highest BCUT2D eigenvalue weighted by Crippen LogP contribution is 2.38. The first-order chi connectivity index (χ1) is 12.2. The SMILES string of the molecule is CCOc1cc(/C=C2/NC(=O)N(CC(=O)O)C2=O)cc(Cl)c1OC(C)C. The Morgan fingerprint density at radius 2 is 2.08 bits per heavy atom. The largest absolute Gasteiger partial charge is 0.490 e. The van der Waals surface area contributed by atoms with Crippen molar-refractivity contribution in [3.05, 3.63) is 28.4 Å². The van der Waals surface area contributed by atoms with Crippen molar-refractivity contribution in [2.24, 2.45) is 0 Å². The van der Waals surface area contributed by atoms with Crippen molar-refractivity contribution < 1.29 is 29.0 Å². The van der Waals surface area contributed by atoms with E-state index in [1.807, 2.05) is 20.8 Å². The molecule has 26 heavy (non-hydrogen) atoms. The van der Waals surface area contributed by atoms with E-state index in [0.717, 1.165) is 0 Å². The lowest BCUT2D eigenvalue weighted by Crippen LogP contribution is -2.35. The van der Waals surface area contributed by atoms with Crippen LogP contribution < -0.4 is 14.8 Å². The number of nitrogens with one attached hydrogen (secondary N) is 1. The molecule has 1 aromatic carbocycles. The Hall–Kier alpha value is -2.74. The molecule has 0 bridgehead atoms. The summed E-state index contributed by atoms with van der Waals surface area (Å²) < 4.78 is 11.2. The fourth-order valence-corrected chi connectivity index (χ4v) is 2.57. The van der Waals surface area contributed by atoms with Crippen LogP contribution in [0.4, 0.5) is 4.79 Å². The van der Waals surface area contributed by atoms with Crippen LogP contribution in [-0.2, 0) is 9.59 Å². The van der Waals surface area contributed by atoms with Gasteiger partial charge in [-0.1, -0.05) is 11.6 Å². The summed E-state index contributed by atoms with van der Waals surface area (Å²) in [5.41, 5.74) is 0.447. The third kappa shape index (κ3) is 4.45. The van der Waals surface area contributed by atoms with Gasteiger partial charge in [0.15, 0.2) is 11.5 Å². The lowest BCUT2D eigenvalue weighted by Gasteiger charge is -2.16. The normalized spacial score (nSPS) is 15.6. The number of amides is 3. The number of ether oxygens (including phenoxy) is 2. The zero-order chi connectivity index (χ0) is 19.4. The van der Waals surface area contributed by atoms with Crippen molar-refractivity contribution >= 4 is 35.6 Å². The van der Waals surface area contributed by atoms with Crippen molar-refractivity contribution in [1.82, 2.24) is 10.2 Å². The van der Waals surface area contributed by atoms with Crippen molar-refractivity contribution in [3.8, 4) is 11.5 Å². The van der Waals surface area contributed by atoms with Gasteiger partial charge in [0.2, 0.25) is 0 Å². The molecule has 0 aliphatic carbocycles. The number of carbonyl (C=O) groups is 3. The van der Waals surface area contributed by atoms with Crippen molar-refractivity contribution in [1.29, 1.82) is 0 Å². The van der Waals surface area contributed by atoms with Gasteiger partial charge in [-0.2, -0.15) is 0 Å². The Bertz CT molecular complexity index is 775. The first-order valence-corrected chi connectivity index (χ1v) is 8.30. The molecule has 1 fully saturated rings. The maximum atomic E-state index is 12.2. The quantitative estimate of drug-likeness (QED) is 0.554. The first kappa shape index (κ1) is 19.6. The molecule has 0 saturated carbocycles. The van der Waals surface area contributed by atoms with Crippen LogP contribution in [0.25, 0.3) is 6.08 Å². The van der Waals surface area contributed by atoms with Crippen LogP contribution in [0.2, 0.25) is 5.02 Å². The van der Waals surface area contributed by atoms with Gasteiger partial charge in [0, 0.05) is 0 Å². The number of hydrogen-bond donors (Lipinski definition) is 2. The van der Waals surface area contributed by atoms with Gasteiger partial charge in [-0.3, -0.25) is 9.59 Å². The number of rotatable bonds is 7. The van der Waals surface area contributed by atoms with E-state index in [0.29, 0.717) is 28.6 Å². The topological polar surface area (TPSA) is 105 Å². The summed E-state index contributed by atoms with van der Waals surface area (Å²) in [6.07, 6.45) is 1.28. The second-order valence-electron chi connectivity index (χ2n) is 5.70. The molecule has 0 spiro atoms. The monoisotopic (exact) mass is 382 g/mol. The lowest BCUT2D eigenvalue weighted by molar-refractivity contribution is -0.140. The molecule has 1 heterocycles. The summed E-state index contributed by atoms with van der Waals surface area (Å²) in [5, 5.41) is 11.4. The minimum atomic E-state index is -1.29.